The van der Waals surface area contributed by atoms with Crippen molar-refractivity contribution in [2.24, 2.45) is 7.05 Å². The SMILES string of the molecule is COc1ccc(CCNC(=O)Cn2c(=O)cc(C(F)(F)F)c3c(C)nn(C)c32)c(OC)c1. The second-order valence-electron chi connectivity index (χ2n) is 7.17. The molecule has 0 atom stereocenters. The molecule has 32 heavy (non-hydrogen) atoms. The maximum Gasteiger partial charge on any atom is 0.417 e. The van der Waals surface area contributed by atoms with E-state index in [9.17, 15) is 22.8 Å². The number of alkyl halides is 3. The Hall–Kier alpha value is -3.50. The Bertz CT molecular complexity index is 1210. The van der Waals surface area contributed by atoms with E-state index in [1.165, 1.54) is 25.8 Å². The number of halogens is 3. The number of rotatable bonds is 7. The molecule has 2 aromatic heterocycles. The van der Waals surface area contributed by atoms with Crippen molar-refractivity contribution in [3.05, 3.63) is 51.4 Å². The van der Waals surface area contributed by atoms with Crippen molar-refractivity contribution in [3.8, 4) is 11.5 Å². The third-order valence-corrected chi connectivity index (χ3v) is 5.07. The number of hydrogen-bond donors (Lipinski definition) is 1. The summed E-state index contributed by atoms with van der Waals surface area (Å²) in [5.74, 6) is 0.718. The fourth-order valence-electron chi connectivity index (χ4n) is 3.62. The van der Waals surface area contributed by atoms with Gasteiger partial charge in [-0.3, -0.25) is 18.8 Å². The molecule has 0 saturated carbocycles. The number of pyridine rings is 1. The topological polar surface area (TPSA) is 87.4 Å². The van der Waals surface area contributed by atoms with Crippen LogP contribution in [0.4, 0.5) is 13.2 Å². The van der Waals surface area contributed by atoms with Crippen LogP contribution in [0.1, 0.15) is 16.8 Å². The van der Waals surface area contributed by atoms with Gasteiger partial charge in [0.25, 0.3) is 5.56 Å². The Balaban J connectivity index is 1.80. The summed E-state index contributed by atoms with van der Waals surface area (Å²) in [4.78, 5) is 24.9. The third kappa shape index (κ3) is 4.56. The molecule has 0 radical (unpaired) electrons. The lowest BCUT2D eigenvalue weighted by atomic mass is 10.1. The van der Waals surface area contributed by atoms with Gasteiger partial charge < -0.3 is 14.8 Å². The second-order valence-corrected chi connectivity index (χ2v) is 7.17. The van der Waals surface area contributed by atoms with E-state index in [2.05, 4.69) is 10.4 Å². The number of amides is 1. The van der Waals surface area contributed by atoms with Gasteiger partial charge in [0, 0.05) is 25.7 Å². The molecule has 1 N–H and O–H groups in total. The highest BCUT2D eigenvalue weighted by Gasteiger charge is 2.36. The number of aromatic nitrogens is 3. The molecule has 2 heterocycles. The summed E-state index contributed by atoms with van der Waals surface area (Å²) in [5.41, 5.74) is -1.10. The van der Waals surface area contributed by atoms with E-state index < -0.39 is 29.8 Å². The minimum Gasteiger partial charge on any atom is -0.497 e. The molecular formula is C21H23F3N4O4. The molecule has 11 heteroatoms. The van der Waals surface area contributed by atoms with E-state index in [1.54, 1.807) is 19.2 Å². The molecule has 1 amide bonds. The average molecular weight is 452 g/mol. The van der Waals surface area contributed by atoms with Gasteiger partial charge in [0.05, 0.1) is 30.9 Å². The number of hydrogen-bond acceptors (Lipinski definition) is 5. The van der Waals surface area contributed by atoms with E-state index in [0.29, 0.717) is 24.0 Å². The lowest BCUT2D eigenvalue weighted by Gasteiger charge is -2.14. The molecule has 8 nitrogen and oxygen atoms in total. The van der Waals surface area contributed by atoms with Gasteiger partial charge >= 0.3 is 6.18 Å². The summed E-state index contributed by atoms with van der Waals surface area (Å²) in [6, 6.07) is 5.81. The Labute approximate surface area is 181 Å². The fourth-order valence-corrected chi connectivity index (χ4v) is 3.62. The van der Waals surface area contributed by atoms with Crippen molar-refractivity contribution >= 4 is 16.9 Å². The van der Waals surface area contributed by atoms with E-state index in [0.717, 1.165) is 10.1 Å². The van der Waals surface area contributed by atoms with Crippen LogP contribution in [0.3, 0.4) is 0 Å². The Morgan fingerprint density at radius 1 is 1.19 bits per heavy atom. The first-order valence-corrected chi connectivity index (χ1v) is 9.68. The van der Waals surface area contributed by atoms with Crippen molar-refractivity contribution in [3.63, 3.8) is 0 Å². The average Bonchev–Trinajstić information content (AvgIpc) is 3.03. The van der Waals surface area contributed by atoms with Crippen molar-refractivity contribution in [1.82, 2.24) is 19.7 Å². The molecule has 0 unspecified atom stereocenters. The number of methoxy groups -OCH3 is 2. The summed E-state index contributed by atoms with van der Waals surface area (Å²) in [6.45, 7) is 1.23. The number of nitrogens with one attached hydrogen (secondary N) is 1. The summed E-state index contributed by atoms with van der Waals surface area (Å²) in [7, 11) is 4.49. The first kappa shape index (κ1) is 23.2. The molecule has 0 fully saturated rings. The van der Waals surface area contributed by atoms with Crippen molar-refractivity contribution < 1.29 is 27.4 Å². The van der Waals surface area contributed by atoms with Crippen LogP contribution in [0, 0.1) is 6.92 Å². The van der Waals surface area contributed by atoms with E-state index in [-0.39, 0.29) is 23.3 Å². The third-order valence-electron chi connectivity index (χ3n) is 5.07. The predicted octanol–water partition coefficient (Wildman–Crippen LogP) is 2.44. The molecule has 0 aliphatic carbocycles. The minimum atomic E-state index is -4.72. The van der Waals surface area contributed by atoms with Gasteiger partial charge in [-0.05, 0) is 25.0 Å². The number of carbonyl (C=O) groups is 1. The van der Waals surface area contributed by atoms with Gasteiger partial charge in [-0.1, -0.05) is 6.07 Å². The fraction of sp³-hybridized carbons (Fsp3) is 0.381. The molecule has 172 valence electrons. The maximum absolute atomic E-state index is 13.4. The molecule has 3 rings (SSSR count). The lowest BCUT2D eigenvalue weighted by Crippen LogP contribution is -2.34. The Morgan fingerprint density at radius 2 is 1.91 bits per heavy atom. The molecule has 3 aromatic rings. The van der Waals surface area contributed by atoms with Gasteiger partial charge in [-0.25, -0.2) is 0 Å². The quantitative estimate of drug-likeness (QED) is 0.595. The molecule has 0 spiro atoms. The molecule has 0 bridgehead atoms. The van der Waals surface area contributed by atoms with Gasteiger partial charge in [0.15, 0.2) is 0 Å². The predicted molar refractivity (Wildman–Crippen MR) is 111 cm³/mol. The van der Waals surface area contributed by atoms with Crippen molar-refractivity contribution in [2.75, 3.05) is 20.8 Å². The molecule has 1 aromatic carbocycles. The van der Waals surface area contributed by atoms with E-state index in [1.807, 2.05) is 6.07 Å². The van der Waals surface area contributed by atoms with Gasteiger partial charge in [-0.15, -0.1) is 0 Å². The number of nitrogens with zero attached hydrogens (tertiary/aromatic N) is 3. The molecular weight excluding hydrogens is 429 g/mol. The van der Waals surface area contributed by atoms with Crippen LogP contribution in [-0.4, -0.2) is 41.0 Å². The number of benzene rings is 1. The second kappa shape index (κ2) is 8.93. The van der Waals surface area contributed by atoms with Crippen LogP contribution in [-0.2, 0) is 31.0 Å². The van der Waals surface area contributed by atoms with Crippen molar-refractivity contribution in [1.29, 1.82) is 0 Å². The summed E-state index contributed by atoms with van der Waals surface area (Å²) < 4.78 is 52.9. The highest BCUT2D eigenvalue weighted by atomic mass is 19.4. The van der Waals surface area contributed by atoms with Crippen LogP contribution >= 0.6 is 0 Å². The number of fused-ring (bicyclic) bond motifs is 1. The van der Waals surface area contributed by atoms with Crippen LogP contribution < -0.4 is 20.3 Å². The van der Waals surface area contributed by atoms with Crippen LogP contribution in [0.15, 0.2) is 29.1 Å². The standard InChI is InChI=1S/C21H23F3N4O4/c1-12-19-15(21(22,23)24)10-18(30)28(20(19)27(2)26-12)11-17(29)25-8-7-13-5-6-14(31-3)9-16(13)32-4/h5-6,9-10H,7-8,11H2,1-4H3,(H,25,29). The highest BCUT2D eigenvalue weighted by molar-refractivity contribution is 5.85. The van der Waals surface area contributed by atoms with Gasteiger partial charge in [-0.2, -0.15) is 18.3 Å². The van der Waals surface area contributed by atoms with E-state index >= 15 is 0 Å². The first-order valence-electron chi connectivity index (χ1n) is 9.68. The number of ether oxygens (including phenoxy) is 2. The Morgan fingerprint density at radius 3 is 2.53 bits per heavy atom. The zero-order valence-electron chi connectivity index (χ0n) is 18.0. The number of aryl methyl sites for hydroxylation is 2. The number of carbonyl (C=O) groups excluding carboxylic acids is 1. The smallest absolute Gasteiger partial charge is 0.417 e. The summed E-state index contributed by atoms with van der Waals surface area (Å²) >= 11 is 0. The highest BCUT2D eigenvalue weighted by Crippen LogP contribution is 2.35. The summed E-state index contributed by atoms with van der Waals surface area (Å²) in [6.07, 6.45) is -4.27. The molecule has 0 aliphatic rings. The lowest BCUT2D eigenvalue weighted by molar-refractivity contribution is -0.136. The van der Waals surface area contributed by atoms with Crippen molar-refractivity contribution in [2.45, 2.75) is 26.1 Å². The van der Waals surface area contributed by atoms with Crippen LogP contribution in [0.5, 0.6) is 11.5 Å². The normalized spacial score (nSPS) is 11.6. The largest absolute Gasteiger partial charge is 0.497 e. The zero-order valence-corrected chi connectivity index (χ0v) is 18.0. The van der Waals surface area contributed by atoms with Crippen LogP contribution in [0.25, 0.3) is 11.0 Å². The maximum atomic E-state index is 13.4. The zero-order chi connectivity index (χ0) is 23.6. The molecule has 0 saturated heterocycles. The van der Waals surface area contributed by atoms with Gasteiger partial charge in [0.1, 0.15) is 23.7 Å². The monoisotopic (exact) mass is 452 g/mol. The van der Waals surface area contributed by atoms with Crippen LogP contribution in [0.2, 0.25) is 0 Å². The molecule has 0 aliphatic heterocycles. The Kier molecular flexibility index (Phi) is 6.47. The minimum absolute atomic E-state index is 0.0608. The van der Waals surface area contributed by atoms with Gasteiger partial charge in [0.2, 0.25) is 5.91 Å². The summed E-state index contributed by atoms with van der Waals surface area (Å²) in [5, 5.41) is 6.50. The first-order chi connectivity index (χ1) is 15.1. The van der Waals surface area contributed by atoms with E-state index in [4.69, 9.17) is 9.47 Å².